The summed E-state index contributed by atoms with van der Waals surface area (Å²) in [6.45, 7) is 3.41. The number of aliphatic hydroxyl groups excluding tert-OH is 7. The Morgan fingerprint density at radius 3 is 1.69 bits per heavy atom. The summed E-state index contributed by atoms with van der Waals surface area (Å²) in [5, 5.41) is 71.7. The zero-order valence-corrected chi connectivity index (χ0v) is 34.8. The Kier molecular flexibility index (Phi) is 29.0. The second-order valence-corrected chi connectivity index (χ2v) is 14.8. The van der Waals surface area contributed by atoms with Gasteiger partial charge in [0.05, 0.1) is 26.4 Å². The summed E-state index contributed by atoms with van der Waals surface area (Å²) in [6, 6.07) is 0. The van der Waals surface area contributed by atoms with Crippen molar-refractivity contribution >= 4 is 5.97 Å². The Bertz CT molecular complexity index is 1190. The highest BCUT2D eigenvalue weighted by Crippen LogP contribution is 2.26. The smallest absolute Gasteiger partial charge is 0.306 e. The van der Waals surface area contributed by atoms with Gasteiger partial charge in [-0.15, -0.1) is 0 Å². The average molecular weight is 827 g/mol. The maximum atomic E-state index is 12.9. The van der Waals surface area contributed by atoms with Crippen LogP contribution < -0.4 is 0 Å². The molecule has 0 aromatic carbocycles. The Morgan fingerprint density at radius 2 is 1.10 bits per heavy atom. The predicted molar refractivity (Wildman–Crippen MR) is 219 cm³/mol. The molecule has 2 aliphatic heterocycles. The van der Waals surface area contributed by atoms with E-state index in [1.165, 1.54) is 25.7 Å². The van der Waals surface area contributed by atoms with E-state index in [1.807, 2.05) is 6.08 Å². The molecule has 2 heterocycles. The van der Waals surface area contributed by atoms with Crippen molar-refractivity contribution < 1.29 is 69.0 Å². The van der Waals surface area contributed by atoms with Crippen LogP contribution in [-0.4, -0.2) is 142 Å². The van der Waals surface area contributed by atoms with Crippen LogP contribution in [0.5, 0.6) is 0 Å². The number of hydrogen-bond donors (Lipinski definition) is 7. The van der Waals surface area contributed by atoms with Crippen molar-refractivity contribution in [3.05, 3.63) is 60.8 Å². The maximum Gasteiger partial charge on any atom is 0.306 e. The summed E-state index contributed by atoms with van der Waals surface area (Å²) >= 11 is 0. The molecule has 11 atom stereocenters. The van der Waals surface area contributed by atoms with Gasteiger partial charge >= 0.3 is 5.97 Å². The van der Waals surface area contributed by atoms with Gasteiger partial charge in [0.25, 0.3) is 0 Å². The largest absolute Gasteiger partial charge is 0.457 e. The second kappa shape index (κ2) is 32.5. The molecule has 14 heteroatoms. The fourth-order valence-corrected chi connectivity index (χ4v) is 6.26. The van der Waals surface area contributed by atoms with Gasteiger partial charge < -0.3 is 64.2 Å². The number of allylic oxidation sites excluding steroid dienone is 10. The van der Waals surface area contributed by atoms with Crippen LogP contribution in [0.3, 0.4) is 0 Å². The molecule has 2 aliphatic rings. The second-order valence-electron chi connectivity index (χ2n) is 14.8. The maximum absolute atomic E-state index is 12.9. The van der Waals surface area contributed by atoms with Gasteiger partial charge in [-0.25, -0.2) is 0 Å². The van der Waals surface area contributed by atoms with Crippen molar-refractivity contribution in [1.29, 1.82) is 0 Å². The zero-order valence-electron chi connectivity index (χ0n) is 34.8. The Balaban J connectivity index is 1.84. The number of esters is 1. The summed E-state index contributed by atoms with van der Waals surface area (Å²) in [6.07, 6.45) is 18.9. The van der Waals surface area contributed by atoms with Gasteiger partial charge in [0.15, 0.2) is 12.6 Å². The summed E-state index contributed by atoms with van der Waals surface area (Å²) in [4.78, 5) is 12.9. The van der Waals surface area contributed by atoms with Crippen molar-refractivity contribution in [2.45, 2.75) is 178 Å². The summed E-state index contributed by atoms with van der Waals surface area (Å²) in [7, 11) is 0. The molecule has 14 nitrogen and oxygen atoms in total. The average Bonchev–Trinajstić information content (AvgIpc) is 3.22. The molecule has 0 aromatic rings. The minimum absolute atomic E-state index is 0.0357. The lowest BCUT2D eigenvalue weighted by Crippen LogP contribution is -2.61. The highest BCUT2D eigenvalue weighted by atomic mass is 16.7. The Hall–Kier alpha value is -2.31. The summed E-state index contributed by atoms with van der Waals surface area (Å²) in [5.74, 6) is -0.438. The highest BCUT2D eigenvalue weighted by Gasteiger charge is 2.47. The Morgan fingerprint density at radius 1 is 0.586 bits per heavy atom. The van der Waals surface area contributed by atoms with Crippen molar-refractivity contribution in [3.63, 3.8) is 0 Å². The first kappa shape index (κ1) is 51.8. The van der Waals surface area contributed by atoms with E-state index < -0.39 is 86.7 Å². The van der Waals surface area contributed by atoms with Crippen LogP contribution >= 0.6 is 0 Å². The van der Waals surface area contributed by atoms with E-state index in [2.05, 4.69) is 68.5 Å². The molecule has 0 radical (unpaired) electrons. The zero-order chi connectivity index (χ0) is 42.4. The standard InChI is InChI=1S/C44H74O14/c1-3-5-7-9-11-12-13-14-15-16-17-18-19-20-21-23-25-27-36(46)56-33(30-53-28-26-24-22-10-8-6-4-2)31-54-43-42(52)40(50)38(48)35(58-43)32-55-44-41(51)39(49)37(47)34(29-45)57-44/h5,7,11-12,14-15,17-18,20-21,33-35,37-45,47-52H,3-4,6,8-10,13,16,19,22-32H2,1-2H3/b7-5-,12-11-,15-14-,18-17-,21-20-. The molecule has 334 valence electrons. The first-order chi connectivity index (χ1) is 28.1. The lowest BCUT2D eigenvalue weighted by Gasteiger charge is -2.42. The highest BCUT2D eigenvalue weighted by molar-refractivity contribution is 5.69. The van der Waals surface area contributed by atoms with Crippen LogP contribution in [0, 0.1) is 0 Å². The molecular formula is C44H74O14. The third-order valence-corrected chi connectivity index (χ3v) is 9.79. The molecule has 0 amide bonds. The molecule has 0 saturated carbocycles. The third-order valence-electron chi connectivity index (χ3n) is 9.79. The molecule has 2 rings (SSSR count). The van der Waals surface area contributed by atoms with Crippen molar-refractivity contribution in [2.75, 3.05) is 33.0 Å². The molecule has 11 unspecified atom stereocenters. The fourth-order valence-electron chi connectivity index (χ4n) is 6.26. The van der Waals surface area contributed by atoms with Gasteiger partial charge in [0.2, 0.25) is 0 Å². The first-order valence-corrected chi connectivity index (χ1v) is 21.4. The minimum atomic E-state index is -1.72. The van der Waals surface area contributed by atoms with Crippen LogP contribution in [0.15, 0.2) is 60.8 Å². The van der Waals surface area contributed by atoms with E-state index in [0.29, 0.717) is 19.4 Å². The number of unbranched alkanes of at least 4 members (excludes halogenated alkanes) is 7. The fraction of sp³-hybridized carbons (Fsp3) is 0.750. The minimum Gasteiger partial charge on any atom is -0.457 e. The summed E-state index contributed by atoms with van der Waals surface area (Å²) < 4.78 is 33.9. The number of aliphatic hydroxyl groups is 7. The number of hydrogen-bond acceptors (Lipinski definition) is 14. The lowest BCUT2D eigenvalue weighted by atomic mass is 9.98. The van der Waals surface area contributed by atoms with Gasteiger partial charge in [0.1, 0.15) is 54.9 Å². The van der Waals surface area contributed by atoms with E-state index in [1.54, 1.807) is 0 Å². The van der Waals surface area contributed by atoms with Crippen LogP contribution in [0.4, 0.5) is 0 Å². The molecule has 0 aromatic heterocycles. The molecule has 0 spiro atoms. The van der Waals surface area contributed by atoms with E-state index in [0.717, 1.165) is 51.4 Å². The SMILES string of the molecule is CC/C=C\C/C=C\C/C=C\C/C=C\C/C=C\CCCC(=O)OC(COCCCCCCCCC)COC1OC(COC2OC(CO)C(O)C(O)C2O)C(O)C(O)C1O. The molecule has 2 saturated heterocycles. The van der Waals surface area contributed by atoms with Gasteiger partial charge in [-0.05, 0) is 51.4 Å². The topological polar surface area (TPSA) is 214 Å². The van der Waals surface area contributed by atoms with Gasteiger partial charge in [0, 0.05) is 13.0 Å². The third kappa shape index (κ3) is 21.3. The molecule has 58 heavy (non-hydrogen) atoms. The molecule has 2 fully saturated rings. The lowest BCUT2D eigenvalue weighted by molar-refractivity contribution is -0.332. The van der Waals surface area contributed by atoms with Gasteiger partial charge in [-0.2, -0.15) is 0 Å². The predicted octanol–water partition coefficient (Wildman–Crippen LogP) is 4.23. The van der Waals surface area contributed by atoms with E-state index in [4.69, 9.17) is 28.4 Å². The molecule has 0 bridgehead atoms. The number of ether oxygens (including phenoxy) is 6. The first-order valence-electron chi connectivity index (χ1n) is 21.4. The van der Waals surface area contributed by atoms with Crippen molar-refractivity contribution in [3.8, 4) is 0 Å². The molecular weight excluding hydrogens is 752 g/mol. The monoisotopic (exact) mass is 827 g/mol. The van der Waals surface area contributed by atoms with E-state index >= 15 is 0 Å². The van der Waals surface area contributed by atoms with Crippen molar-refractivity contribution in [2.24, 2.45) is 0 Å². The number of rotatable bonds is 31. The number of carbonyl (C=O) groups is 1. The quantitative estimate of drug-likeness (QED) is 0.0296. The van der Waals surface area contributed by atoms with Crippen LogP contribution in [0.25, 0.3) is 0 Å². The Labute approximate surface area is 345 Å². The molecule has 7 N–H and O–H groups in total. The number of carbonyl (C=O) groups excluding carboxylic acids is 1. The van der Waals surface area contributed by atoms with Crippen molar-refractivity contribution in [1.82, 2.24) is 0 Å². The van der Waals surface area contributed by atoms with Gasteiger partial charge in [-0.1, -0.05) is 113 Å². The van der Waals surface area contributed by atoms with E-state index in [-0.39, 0.29) is 19.6 Å². The summed E-state index contributed by atoms with van der Waals surface area (Å²) in [5.41, 5.74) is 0. The van der Waals surface area contributed by atoms with Crippen LogP contribution in [0.2, 0.25) is 0 Å². The normalized spacial score (nSPS) is 28.8. The molecule has 0 aliphatic carbocycles. The van der Waals surface area contributed by atoms with Gasteiger partial charge in [-0.3, -0.25) is 4.79 Å². The van der Waals surface area contributed by atoms with Crippen LogP contribution in [-0.2, 0) is 33.2 Å². The van der Waals surface area contributed by atoms with E-state index in [9.17, 15) is 40.5 Å². The van der Waals surface area contributed by atoms with Crippen LogP contribution in [0.1, 0.15) is 110 Å².